The van der Waals surface area contributed by atoms with Gasteiger partial charge in [-0.15, -0.1) is 21.5 Å². The summed E-state index contributed by atoms with van der Waals surface area (Å²) in [5, 5.41) is 18.7. The third kappa shape index (κ3) is 4.01. The van der Waals surface area contributed by atoms with Crippen LogP contribution in [-0.2, 0) is 24.3 Å². The molecule has 8 nitrogen and oxygen atoms in total. The molecule has 5 aromatic rings. The predicted molar refractivity (Wildman–Crippen MR) is 140 cm³/mol. The average molecular weight is 497 g/mol. The summed E-state index contributed by atoms with van der Waals surface area (Å²) in [7, 11) is 0. The highest BCUT2D eigenvalue weighted by molar-refractivity contribution is 7.22. The molecule has 0 amide bonds. The molecule has 0 saturated heterocycles. The van der Waals surface area contributed by atoms with Gasteiger partial charge in [-0.3, -0.25) is 4.79 Å². The first-order valence-corrected chi connectivity index (χ1v) is 12.6. The average Bonchev–Trinajstić information content (AvgIpc) is 3.51. The van der Waals surface area contributed by atoms with Gasteiger partial charge in [0.05, 0.1) is 23.2 Å². The summed E-state index contributed by atoms with van der Waals surface area (Å²) in [4.78, 5) is 23.5. The van der Waals surface area contributed by atoms with Crippen molar-refractivity contribution in [3.05, 3.63) is 77.5 Å². The first-order valence-electron chi connectivity index (χ1n) is 11.8. The summed E-state index contributed by atoms with van der Waals surface area (Å²) in [5.74, 6) is 0.965. The van der Waals surface area contributed by atoms with Gasteiger partial charge in [-0.2, -0.15) is 0 Å². The van der Waals surface area contributed by atoms with Gasteiger partial charge in [0.15, 0.2) is 5.82 Å². The number of carbonyl (C=O) groups is 1. The lowest BCUT2D eigenvalue weighted by Gasteiger charge is -2.28. The van der Waals surface area contributed by atoms with E-state index in [1.54, 1.807) is 17.7 Å². The minimum atomic E-state index is -0.841. The second kappa shape index (κ2) is 8.83. The second-order valence-electron chi connectivity index (χ2n) is 9.12. The van der Waals surface area contributed by atoms with Crippen LogP contribution in [0.3, 0.4) is 0 Å². The molecule has 3 aromatic heterocycles. The van der Waals surface area contributed by atoms with Gasteiger partial charge in [0, 0.05) is 30.4 Å². The molecule has 0 atom stereocenters. The maximum Gasteiger partial charge on any atom is 0.307 e. The SMILES string of the molecule is Cc1ccc(-c2c(CC(=O)O)c(C)cc3nc(-c4ccnc(N5CCn6cnnc6C5)c4)sc23)cc1. The summed E-state index contributed by atoms with van der Waals surface area (Å²) < 4.78 is 3.07. The summed E-state index contributed by atoms with van der Waals surface area (Å²) in [6.07, 6.45) is 3.55. The molecule has 0 aliphatic carbocycles. The molecule has 6 rings (SSSR count). The van der Waals surface area contributed by atoms with Gasteiger partial charge in [-0.1, -0.05) is 29.8 Å². The van der Waals surface area contributed by atoms with Crippen LogP contribution in [0.4, 0.5) is 5.82 Å². The van der Waals surface area contributed by atoms with E-state index in [0.717, 1.165) is 73.3 Å². The van der Waals surface area contributed by atoms with Crippen LogP contribution in [0.5, 0.6) is 0 Å². The van der Waals surface area contributed by atoms with Crippen molar-refractivity contribution in [3.63, 3.8) is 0 Å². The van der Waals surface area contributed by atoms with Gasteiger partial charge >= 0.3 is 5.97 Å². The van der Waals surface area contributed by atoms with Gasteiger partial charge in [-0.25, -0.2) is 9.97 Å². The molecule has 0 unspecified atom stereocenters. The number of fused-ring (bicyclic) bond motifs is 2. The van der Waals surface area contributed by atoms with Gasteiger partial charge in [0.2, 0.25) is 0 Å². The fourth-order valence-corrected chi connectivity index (χ4v) is 5.88. The lowest BCUT2D eigenvalue weighted by Crippen LogP contribution is -2.34. The van der Waals surface area contributed by atoms with Crippen LogP contribution in [0, 0.1) is 13.8 Å². The quantitative estimate of drug-likeness (QED) is 0.370. The van der Waals surface area contributed by atoms with E-state index in [9.17, 15) is 9.90 Å². The zero-order valence-electron chi connectivity index (χ0n) is 20.0. The van der Waals surface area contributed by atoms with E-state index >= 15 is 0 Å². The summed E-state index contributed by atoms with van der Waals surface area (Å²) in [5.41, 5.74) is 6.76. The smallest absolute Gasteiger partial charge is 0.307 e. The normalized spacial score (nSPS) is 13.2. The monoisotopic (exact) mass is 496 g/mol. The molecule has 0 spiro atoms. The Morgan fingerprint density at radius 2 is 1.92 bits per heavy atom. The molecule has 2 aromatic carbocycles. The van der Waals surface area contributed by atoms with Gasteiger partial charge in [0.1, 0.15) is 17.2 Å². The first-order chi connectivity index (χ1) is 17.5. The number of aryl methyl sites for hydroxylation is 2. The first kappa shape index (κ1) is 22.4. The molecule has 36 heavy (non-hydrogen) atoms. The largest absolute Gasteiger partial charge is 0.481 e. The van der Waals surface area contributed by atoms with Crippen LogP contribution < -0.4 is 4.90 Å². The van der Waals surface area contributed by atoms with Crippen LogP contribution in [0.2, 0.25) is 0 Å². The van der Waals surface area contributed by atoms with E-state index in [1.807, 2.05) is 32.2 Å². The number of carboxylic acid groups (broad SMARTS) is 1. The molecule has 0 radical (unpaired) electrons. The number of carboxylic acids is 1. The molecule has 0 bridgehead atoms. The van der Waals surface area contributed by atoms with Crippen molar-refractivity contribution >= 4 is 33.3 Å². The van der Waals surface area contributed by atoms with E-state index in [4.69, 9.17) is 4.98 Å². The number of anilines is 1. The Kier molecular flexibility index (Phi) is 5.49. The number of aromatic nitrogens is 5. The van der Waals surface area contributed by atoms with E-state index in [1.165, 1.54) is 0 Å². The number of benzene rings is 2. The maximum atomic E-state index is 11.7. The molecule has 0 fully saturated rings. The van der Waals surface area contributed by atoms with Gasteiger partial charge in [-0.05, 0) is 48.7 Å². The van der Waals surface area contributed by atoms with Gasteiger partial charge < -0.3 is 14.6 Å². The predicted octanol–water partition coefficient (Wildman–Crippen LogP) is 4.88. The van der Waals surface area contributed by atoms with E-state index in [-0.39, 0.29) is 6.42 Å². The number of nitrogens with zero attached hydrogens (tertiary/aromatic N) is 6. The fourth-order valence-electron chi connectivity index (χ4n) is 4.75. The summed E-state index contributed by atoms with van der Waals surface area (Å²) in [6, 6.07) is 14.3. The van der Waals surface area contributed by atoms with Crippen molar-refractivity contribution in [1.29, 1.82) is 0 Å². The van der Waals surface area contributed by atoms with Crippen molar-refractivity contribution < 1.29 is 9.90 Å². The number of hydrogen-bond acceptors (Lipinski definition) is 7. The molecular formula is C27H24N6O2S. The zero-order valence-corrected chi connectivity index (χ0v) is 20.8. The molecule has 1 aliphatic rings. The minimum Gasteiger partial charge on any atom is -0.481 e. The Morgan fingerprint density at radius 1 is 1.08 bits per heavy atom. The van der Waals surface area contributed by atoms with Crippen LogP contribution in [0.1, 0.15) is 22.5 Å². The zero-order chi connectivity index (χ0) is 24.8. The highest BCUT2D eigenvalue weighted by atomic mass is 32.1. The third-order valence-corrected chi connectivity index (χ3v) is 7.77. The molecule has 0 saturated carbocycles. The van der Waals surface area contributed by atoms with Crippen LogP contribution in [0.25, 0.3) is 31.9 Å². The Bertz CT molecular complexity index is 1600. The maximum absolute atomic E-state index is 11.7. The second-order valence-corrected chi connectivity index (χ2v) is 10.1. The van der Waals surface area contributed by atoms with Crippen molar-refractivity contribution in [2.75, 3.05) is 11.4 Å². The highest BCUT2D eigenvalue weighted by Crippen LogP contribution is 2.41. The Morgan fingerprint density at radius 3 is 2.72 bits per heavy atom. The Labute approximate surface area is 211 Å². The lowest BCUT2D eigenvalue weighted by atomic mass is 9.93. The Hall–Kier alpha value is -4.11. The van der Waals surface area contributed by atoms with Crippen LogP contribution in [0.15, 0.2) is 55.0 Å². The molecule has 180 valence electrons. The van der Waals surface area contributed by atoms with Crippen LogP contribution >= 0.6 is 11.3 Å². The molecule has 1 aliphatic heterocycles. The molecular weight excluding hydrogens is 472 g/mol. The topological polar surface area (TPSA) is 97.0 Å². The van der Waals surface area contributed by atoms with E-state index < -0.39 is 5.97 Å². The van der Waals surface area contributed by atoms with E-state index in [0.29, 0.717) is 6.54 Å². The number of aliphatic carboxylic acids is 1. The number of rotatable bonds is 5. The fraction of sp³-hybridized carbons (Fsp3) is 0.222. The summed E-state index contributed by atoms with van der Waals surface area (Å²) >= 11 is 1.59. The van der Waals surface area contributed by atoms with Crippen molar-refractivity contribution in [3.8, 4) is 21.7 Å². The minimum absolute atomic E-state index is 0.0306. The van der Waals surface area contributed by atoms with Crippen molar-refractivity contribution in [2.45, 2.75) is 33.4 Å². The number of hydrogen-bond donors (Lipinski definition) is 1. The lowest BCUT2D eigenvalue weighted by molar-refractivity contribution is -0.136. The molecule has 1 N–H and O–H groups in total. The standard InChI is InChI=1S/C27H24N6O2S/c1-16-3-5-18(6-4-16)25-20(13-24(34)35)17(2)11-21-26(25)36-27(30-21)19-7-8-28-22(12-19)32-9-10-33-15-29-31-23(33)14-32/h3-8,11-12,15H,9-10,13-14H2,1-2H3,(H,34,35). The molecule has 9 heteroatoms. The summed E-state index contributed by atoms with van der Waals surface area (Å²) in [6.45, 7) is 6.32. The number of pyridine rings is 1. The van der Waals surface area contributed by atoms with E-state index in [2.05, 4.69) is 55.0 Å². The van der Waals surface area contributed by atoms with Crippen LogP contribution in [-0.4, -0.2) is 42.4 Å². The third-order valence-electron chi connectivity index (χ3n) is 6.63. The molecule has 4 heterocycles. The highest BCUT2D eigenvalue weighted by Gasteiger charge is 2.21. The van der Waals surface area contributed by atoms with Gasteiger partial charge in [0.25, 0.3) is 0 Å². The number of thiazole rings is 1. The van der Waals surface area contributed by atoms with Crippen molar-refractivity contribution in [2.24, 2.45) is 0 Å². The Balaban J connectivity index is 1.45. The van der Waals surface area contributed by atoms with Crippen molar-refractivity contribution in [1.82, 2.24) is 24.7 Å².